The standard InChI is InChI=1S/C21H20BrN3O3S/c1-2-25-20(27)15-11-13(22)7-8-16(15)24-21(25)29-12-19(26)23-17-9-10-28-18-6-4-3-5-14(17)18/h3-8,11,17H,2,9-10,12H2,1H3,(H,23,26). The van der Waals surface area contributed by atoms with E-state index in [4.69, 9.17) is 4.74 Å². The zero-order valence-corrected chi connectivity index (χ0v) is 18.3. The van der Waals surface area contributed by atoms with Crippen LogP contribution in [-0.2, 0) is 11.3 Å². The van der Waals surface area contributed by atoms with Gasteiger partial charge in [-0.15, -0.1) is 0 Å². The molecule has 0 saturated heterocycles. The lowest BCUT2D eigenvalue weighted by atomic mass is 10.0. The van der Waals surface area contributed by atoms with Crippen LogP contribution in [0.5, 0.6) is 5.75 Å². The Hall–Kier alpha value is -2.32. The highest BCUT2D eigenvalue weighted by atomic mass is 79.9. The third kappa shape index (κ3) is 4.18. The molecule has 4 rings (SSSR count). The maximum Gasteiger partial charge on any atom is 0.262 e. The fraction of sp³-hybridized carbons (Fsp3) is 0.286. The van der Waals surface area contributed by atoms with Gasteiger partial charge < -0.3 is 10.1 Å². The van der Waals surface area contributed by atoms with Crippen LogP contribution in [0.3, 0.4) is 0 Å². The van der Waals surface area contributed by atoms with E-state index in [2.05, 4.69) is 26.2 Å². The molecule has 1 aliphatic heterocycles. The quantitative estimate of drug-likeness (QED) is 0.449. The Morgan fingerprint density at radius 2 is 2.17 bits per heavy atom. The van der Waals surface area contributed by atoms with Crippen LogP contribution >= 0.6 is 27.7 Å². The molecule has 1 N–H and O–H groups in total. The van der Waals surface area contributed by atoms with E-state index in [9.17, 15) is 9.59 Å². The lowest BCUT2D eigenvalue weighted by molar-refractivity contribution is -0.119. The summed E-state index contributed by atoms with van der Waals surface area (Å²) in [5.74, 6) is 0.914. The van der Waals surface area contributed by atoms with Gasteiger partial charge in [-0.05, 0) is 31.2 Å². The average molecular weight is 474 g/mol. The Kier molecular flexibility index (Phi) is 5.91. The van der Waals surface area contributed by atoms with Crippen molar-refractivity contribution >= 4 is 44.5 Å². The molecule has 1 unspecified atom stereocenters. The number of aromatic nitrogens is 2. The monoisotopic (exact) mass is 473 g/mol. The first-order chi connectivity index (χ1) is 14.1. The lowest BCUT2D eigenvalue weighted by Crippen LogP contribution is -2.33. The van der Waals surface area contributed by atoms with Crippen LogP contribution in [0.2, 0.25) is 0 Å². The van der Waals surface area contributed by atoms with Gasteiger partial charge in [0.05, 0.1) is 29.3 Å². The van der Waals surface area contributed by atoms with Crippen LogP contribution in [0.1, 0.15) is 24.9 Å². The molecule has 1 aliphatic rings. The van der Waals surface area contributed by atoms with Gasteiger partial charge in [-0.25, -0.2) is 4.98 Å². The molecule has 2 aromatic carbocycles. The number of hydrogen-bond donors (Lipinski definition) is 1. The van der Waals surface area contributed by atoms with Crippen molar-refractivity contribution in [3.05, 3.63) is 62.9 Å². The van der Waals surface area contributed by atoms with Crippen LogP contribution in [0.15, 0.2) is 56.9 Å². The van der Waals surface area contributed by atoms with Gasteiger partial charge in [0.15, 0.2) is 5.16 Å². The molecule has 1 atom stereocenters. The highest BCUT2D eigenvalue weighted by Crippen LogP contribution is 2.31. The van der Waals surface area contributed by atoms with Crippen LogP contribution < -0.4 is 15.6 Å². The summed E-state index contributed by atoms with van der Waals surface area (Å²) in [6.45, 7) is 2.97. The zero-order chi connectivity index (χ0) is 20.4. The summed E-state index contributed by atoms with van der Waals surface area (Å²) in [5.41, 5.74) is 1.53. The number of fused-ring (bicyclic) bond motifs is 2. The number of nitrogens with one attached hydrogen (secondary N) is 1. The maximum absolute atomic E-state index is 12.8. The minimum absolute atomic E-state index is 0.0664. The van der Waals surface area contributed by atoms with E-state index in [1.54, 1.807) is 10.6 Å². The minimum atomic E-state index is -0.0972. The number of nitrogens with zero attached hydrogens (tertiary/aromatic N) is 2. The Balaban J connectivity index is 1.51. The summed E-state index contributed by atoms with van der Waals surface area (Å²) in [7, 11) is 0. The number of halogens is 1. The second-order valence-electron chi connectivity index (χ2n) is 6.69. The van der Waals surface area contributed by atoms with Crippen LogP contribution in [0, 0.1) is 0 Å². The molecule has 0 spiro atoms. The van der Waals surface area contributed by atoms with E-state index in [1.807, 2.05) is 43.3 Å². The molecular weight excluding hydrogens is 454 g/mol. The number of hydrogen-bond acceptors (Lipinski definition) is 5. The van der Waals surface area contributed by atoms with Gasteiger partial charge in [0, 0.05) is 23.0 Å². The minimum Gasteiger partial charge on any atom is -0.493 e. The second-order valence-corrected chi connectivity index (χ2v) is 8.55. The van der Waals surface area contributed by atoms with E-state index in [0.717, 1.165) is 22.2 Å². The van der Waals surface area contributed by atoms with Crippen molar-refractivity contribution in [1.29, 1.82) is 0 Å². The summed E-state index contributed by atoms with van der Waals surface area (Å²) in [6, 6.07) is 13.1. The Labute approximate surface area is 180 Å². The predicted molar refractivity (Wildman–Crippen MR) is 118 cm³/mol. The van der Waals surface area contributed by atoms with Gasteiger partial charge >= 0.3 is 0 Å². The molecule has 1 aromatic heterocycles. The number of carbonyl (C=O) groups is 1. The van der Waals surface area contributed by atoms with Crippen LogP contribution in [0.4, 0.5) is 0 Å². The zero-order valence-electron chi connectivity index (χ0n) is 15.9. The van der Waals surface area contributed by atoms with E-state index >= 15 is 0 Å². The fourth-order valence-corrected chi connectivity index (χ4v) is 4.66. The number of thioether (sulfide) groups is 1. The van der Waals surface area contributed by atoms with Crippen molar-refractivity contribution in [3.8, 4) is 5.75 Å². The molecule has 6 nitrogen and oxygen atoms in total. The smallest absolute Gasteiger partial charge is 0.262 e. The third-order valence-corrected chi connectivity index (χ3v) is 6.29. The van der Waals surface area contributed by atoms with Crippen molar-refractivity contribution in [3.63, 3.8) is 0 Å². The first-order valence-electron chi connectivity index (χ1n) is 9.41. The molecule has 8 heteroatoms. The average Bonchev–Trinajstić information content (AvgIpc) is 2.73. The first-order valence-corrected chi connectivity index (χ1v) is 11.2. The fourth-order valence-electron chi connectivity index (χ4n) is 3.42. The van der Waals surface area contributed by atoms with E-state index in [0.29, 0.717) is 29.2 Å². The number of rotatable bonds is 5. The number of benzene rings is 2. The highest BCUT2D eigenvalue weighted by Gasteiger charge is 2.23. The Morgan fingerprint density at radius 3 is 3.00 bits per heavy atom. The van der Waals surface area contributed by atoms with Crippen molar-refractivity contribution < 1.29 is 9.53 Å². The van der Waals surface area contributed by atoms with E-state index in [-0.39, 0.29) is 23.3 Å². The van der Waals surface area contributed by atoms with Gasteiger partial charge in [-0.1, -0.05) is 45.9 Å². The predicted octanol–water partition coefficient (Wildman–Crippen LogP) is 3.91. The largest absolute Gasteiger partial charge is 0.493 e. The summed E-state index contributed by atoms with van der Waals surface area (Å²) >= 11 is 4.68. The SMILES string of the molecule is CCn1c(SCC(=O)NC2CCOc3ccccc32)nc2ccc(Br)cc2c1=O. The first kappa shape index (κ1) is 20.0. The van der Waals surface area contributed by atoms with Gasteiger partial charge in [-0.2, -0.15) is 0 Å². The molecule has 0 saturated carbocycles. The van der Waals surface area contributed by atoms with Crippen molar-refractivity contribution in [1.82, 2.24) is 14.9 Å². The molecule has 2 heterocycles. The Bertz CT molecular complexity index is 1130. The summed E-state index contributed by atoms with van der Waals surface area (Å²) in [4.78, 5) is 30.0. The molecular formula is C21H20BrN3O3S. The molecule has 3 aromatic rings. The maximum atomic E-state index is 12.8. The Morgan fingerprint density at radius 1 is 1.34 bits per heavy atom. The topological polar surface area (TPSA) is 73.2 Å². The second kappa shape index (κ2) is 8.59. The normalized spacial score (nSPS) is 15.6. The van der Waals surface area contributed by atoms with Gasteiger partial charge in [0.2, 0.25) is 5.91 Å². The number of para-hydroxylation sites is 1. The van der Waals surface area contributed by atoms with Crippen molar-refractivity contribution in [2.24, 2.45) is 0 Å². The number of amides is 1. The molecule has 0 aliphatic carbocycles. The number of carbonyl (C=O) groups excluding carboxylic acids is 1. The van der Waals surface area contributed by atoms with Crippen LogP contribution in [-0.4, -0.2) is 27.8 Å². The molecule has 0 radical (unpaired) electrons. The lowest BCUT2D eigenvalue weighted by Gasteiger charge is -2.26. The summed E-state index contributed by atoms with van der Waals surface area (Å²) < 4.78 is 8.09. The summed E-state index contributed by atoms with van der Waals surface area (Å²) in [6.07, 6.45) is 0.732. The molecule has 29 heavy (non-hydrogen) atoms. The molecule has 150 valence electrons. The van der Waals surface area contributed by atoms with Crippen molar-refractivity contribution in [2.75, 3.05) is 12.4 Å². The van der Waals surface area contributed by atoms with Gasteiger partial charge in [0.25, 0.3) is 5.56 Å². The van der Waals surface area contributed by atoms with E-state index < -0.39 is 0 Å². The van der Waals surface area contributed by atoms with Gasteiger partial charge in [0.1, 0.15) is 5.75 Å². The summed E-state index contributed by atoms with van der Waals surface area (Å²) in [5, 5.41) is 4.20. The number of ether oxygens (including phenoxy) is 1. The molecule has 1 amide bonds. The third-order valence-electron chi connectivity index (χ3n) is 4.82. The van der Waals surface area contributed by atoms with Crippen LogP contribution in [0.25, 0.3) is 10.9 Å². The van der Waals surface area contributed by atoms with Crippen molar-refractivity contribution in [2.45, 2.75) is 31.1 Å². The van der Waals surface area contributed by atoms with Gasteiger partial charge in [-0.3, -0.25) is 14.2 Å². The molecule has 0 fully saturated rings. The van der Waals surface area contributed by atoms with E-state index in [1.165, 1.54) is 11.8 Å². The highest BCUT2D eigenvalue weighted by molar-refractivity contribution is 9.10. The molecule has 0 bridgehead atoms.